The van der Waals surface area contributed by atoms with Crippen molar-refractivity contribution >= 4 is 27.8 Å². The van der Waals surface area contributed by atoms with Gasteiger partial charge in [-0.05, 0) is 29.3 Å². The van der Waals surface area contributed by atoms with Crippen LogP contribution in [0.15, 0.2) is 66.5 Å². The molecule has 10 heteroatoms. The van der Waals surface area contributed by atoms with E-state index in [4.69, 9.17) is 14.2 Å². The minimum absolute atomic E-state index is 0.00848. The molecule has 0 aliphatic heterocycles. The molecule has 0 aliphatic carbocycles. The second kappa shape index (κ2) is 11.3. The largest absolute Gasteiger partial charge is 0.496 e. The van der Waals surface area contributed by atoms with Crippen LogP contribution in [0.4, 0.5) is 5.69 Å². The van der Waals surface area contributed by atoms with E-state index in [1.165, 1.54) is 14.0 Å². The highest BCUT2D eigenvalue weighted by atomic mass is 32.2. The van der Waals surface area contributed by atoms with Gasteiger partial charge in [0.2, 0.25) is 5.88 Å². The molecule has 3 rings (SSSR count). The van der Waals surface area contributed by atoms with Gasteiger partial charge >= 0.3 is 5.97 Å². The van der Waals surface area contributed by atoms with Crippen LogP contribution in [0.5, 0.6) is 11.6 Å². The van der Waals surface area contributed by atoms with Crippen molar-refractivity contribution in [1.29, 1.82) is 0 Å². The van der Waals surface area contributed by atoms with E-state index >= 15 is 0 Å². The number of rotatable bonds is 11. The molecule has 0 radical (unpaired) electrons. The summed E-state index contributed by atoms with van der Waals surface area (Å²) >= 11 is 0. The van der Waals surface area contributed by atoms with Crippen molar-refractivity contribution in [2.45, 2.75) is 18.4 Å². The summed E-state index contributed by atoms with van der Waals surface area (Å²) in [7, 11) is -2.57. The summed E-state index contributed by atoms with van der Waals surface area (Å²) in [6.45, 7) is 4.96. The first kappa shape index (κ1) is 24.7. The molecule has 0 bridgehead atoms. The Balaban J connectivity index is 1.99. The smallest absolute Gasteiger partial charge is 0.302 e. The molecule has 0 amide bonds. The normalized spacial score (nSPS) is 10.9. The molecule has 0 fully saturated rings. The van der Waals surface area contributed by atoms with Gasteiger partial charge in [-0.25, -0.2) is 9.97 Å². The van der Waals surface area contributed by atoms with Crippen LogP contribution in [0.2, 0.25) is 0 Å². The molecule has 1 heterocycles. The van der Waals surface area contributed by atoms with E-state index in [-0.39, 0.29) is 36.1 Å². The van der Waals surface area contributed by atoms with Gasteiger partial charge in [-0.15, -0.1) is 0 Å². The van der Waals surface area contributed by atoms with Crippen molar-refractivity contribution in [1.82, 2.24) is 9.97 Å². The molecule has 2 aromatic carbocycles. The summed E-state index contributed by atoms with van der Waals surface area (Å²) in [5, 5.41) is -0.233. The molecule has 0 atom stereocenters. The maximum absolute atomic E-state index is 13.3. The minimum atomic E-state index is -4.10. The predicted molar refractivity (Wildman–Crippen MR) is 127 cm³/mol. The highest BCUT2D eigenvalue weighted by Gasteiger charge is 2.26. The molecule has 9 nitrogen and oxygen atoms in total. The summed E-state index contributed by atoms with van der Waals surface area (Å²) < 4.78 is 45.2. The number of hydrogen-bond acceptors (Lipinski definition) is 8. The third kappa shape index (κ3) is 6.32. The minimum Gasteiger partial charge on any atom is -0.496 e. The van der Waals surface area contributed by atoms with Gasteiger partial charge in [-0.2, -0.15) is 8.42 Å². The molecule has 178 valence electrons. The van der Waals surface area contributed by atoms with E-state index in [2.05, 4.69) is 21.3 Å². The number of para-hydroxylation sites is 1. The number of ether oxygens (including phenoxy) is 3. The second-order valence-corrected chi connectivity index (χ2v) is 8.67. The Labute approximate surface area is 198 Å². The van der Waals surface area contributed by atoms with Crippen molar-refractivity contribution in [3.63, 3.8) is 0 Å². The fraction of sp³-hybridized carbons (Fsp3) is 0.208. The Kier molecular flexibility index (Phi) is 8.20. The van der Waals surface area contributed by atoms with Gasteiger partial charge in [0.1, 0.15) is 25.3 Å². The summed E-state index contributed by atoms with van der Waals surface area (Å²) in [6.07, 6.45) is 2.90. The van der Waals surface area contributed by atoms with Gasteiger partial charge in [0.25, 0.3) is 10.0 Å². The molecule has 34 heavy (non-hydrogen) atoms. The zero-order chi connectivity index (χ0) is 24.6. The number of benzene rings is 2. The molecule has 1 aromatic heterocycles. The van der Waals surface area contributed by atoms with Crippen LogP contribution < -0.4 is 14.2 Å². The van der Waals surface area contributed by atoms with E-state index in [1.54, 1.807) is 36.4 Å². The number of carbonyl (C=O) groups excluding carboxylic acids is 1. The first-order chi connectivity index (χ1) is 16.3. The summed E-state index contributed by atoms with van der Waals surface area (Å²) in [5.74, 6) is 0.194. The van der Waals surface area contributed by atoms with Gasteiger partial charge in [-0.3, -0.25) is 9.52 Å². The van der Waals surface area contributed by atoms with E-state index < -0.39 is 16.0 Å². The van der Waals surface area contributed by atoms with Crippen molar-refractivity contribution < 1.29 is 27.4 Å². The Morgan fingerprint density at radius 2 is 1.82 bits per heavy atom. The molecule has 0 spiro atoms. The number of anilines is 1. The van der Waals surface area contributed by atoms with Crippen LogP contribution in [0.25, 0.3) is 6.08 Å². The molecular weight excluding hydrogens is 458 g/mol. The Morgan fingerprint density at radius 3 is 2.50 bits per heavy atom. The molecular formula is C24H25N3O6S. The first-order valence-electron chi connectivity index (χ1n) is 10.3. The van der Waals surface area contributed by atoms with Crippen LogP contribution in [-0.4, -0.2) is 44.7 Å². The van der Waals surface area contributed by atoms with E-state index in [9.17, 15) is 13.2 Å². The number of nitrogens with zero attached hydrogens (tertiary/aromatic N) is 2. The lowest BCUT2D eigenvalue weighted by Crippen LogP contribution is -2.19. The van der Waals surface area contributed by atoms with Gasteiger partial charge in [0, 0.05) is 19.0 Å². The maximum atomic E-state index is 13.3. The van der Waals surface area contributed by atoms with Crippen molar-refractivity contribution in [2.75, 3.05) is 25.0 Å². The molecule has 3 aromatic rings. The van der Waals surface area contributed by atoms with Crippen LogP contribution in [-0.2, 0) is 26.0 Å². The zero-order valence-electron chi connectivity index (χ0n) is 18.9. The lowest BCUT2D eigenvalue weighted by atomic mass is 10.1. The number of esters is 1. The van der Waals surface area contributed by atoms with Crippen LogP contribution in [0.1, 0.15) is 23.6 Å². The Hall–Kier alpha value is -3.92. The van der Waals surface area contributed by atoms with Crippen LogP contribution in [0, 0.1) is 0 Å². The van der Waals surface area contributed by atoms with Crippen LogP contribution in [0.3, 0.4) is 0 Å². The lowest BCUT2D eigenvalue weighted by molar-refractivity contribution is -0.141. The van der Waals surface area contributed by atoms with E-state index in [1.807, 2.05) is 18.2 Å². The summed E-state index contributed by atoms with van der Waals surface area (Å²) in [4.78, 5) is 19.2. The fourth-order valence-corrected chi connectivity index (χ4v) is 4.36. The summed E-state index contributed by atoms with van der Waals surface area (Å²) in [6, 6.07) is 14.0. The van der Waals surface area contributed by atoms with E-state index in [0.29, 0.717) is 11.4 Å². The van der Waals surface area contributed by atoms with Gasteiger partial charge in [0.05, 0.1) is 12.7 Å². The van der Waals surface area contributed by atoms with Crippen LogP contribution >= 0.6 is 0 Å². The summed E-state index contributed by atoms with van der Waals surface area (Å²) in [5.41, 5.74) is 2.18. The second-order valence-electron chi connectivity index (χ2n) is 7.07. The highest BCUT2D eigenvalue weighted by Crippen LogP contribution is 2.30. The number of hydrogen-bond donors (Lipinski definition) is 1. The average Bonchev–Trinajstić information content (AvgIpc) is 2.83. The number of aromatic nitrogens is 2. The lowest BCUT2D eigenvalue weighted by Gasteiger charge is -2.16. The fourth-order valence-electron chi connectivity index (χ4n) is 3.14. The first-order valence-corrected chi connectivity index (χ1v) is 11.8. The number of methoxy groups -OCH3 is 1. The maximum Gasteiger partial charge on any atom is 0.302 e. The Morgan fingerprint density at radius 1 is 1.09 bits per heavy atom. The topological polar surface area (TPSA) is 117 Å². The van der Waals surface area contributed by atoms with Gasteiger partial charge < -0.3 is 14.2 Å². The predicted octanol–water partition coefficient (Wildman–Crippen LogP) is 3.46. The van der Waals surface area contributed by atoms with E-state index in [0.717, 1.165) is 17.5 Å². The van der Waals surface area contributed by atoms with Crippen molar-refractivity contribution in [3.05, 3.63) is 78.1 Å². The van der Waals surface area contributed by atoms with Gasteiger partial charge in [0.15, 0.2) is 5.03 Å². The zero-order valence-corrected chi connectivity index (χ0v) is 19.7. The third-order valence-corrected chi connectivity index (χ3v) is 6.07. The van der Waals surface area contributed by atoms with Gasteiger partial charge in [-0.1, -0.05) is 43.0 Å². The number of carbonyl (C=O) groups is 1. The molecule has 0 aliphatic rings. The highest BCUT2D eigenvalue weighted by molar-refractivity contribution is 7.92. The standard InChI is InChI=1S/C24H25N3O6S/c1-4-18-9-11-20(12-10-18)27-34(29,30)24-21(15-19-7-5-6-8-22(19)31-3)23(25-16-26-24)33-14-13-32-17(2)28/h4-12,16,27H,1,13-15H2,2-3H3. The quantitative estimate of drug-likeness (QED) is 0.250. The average molecular weight is 484 g/mol. The third-order valence-electron chi connectivity index (χ3n) is 4.71. The van der Waals surface area contributed by atoms with Crippen molar-refractivity contribution in [2.24, 2.45) is 0 Å². The number of nitrogens with one attached hydrogen (secondary N) is 1. The Bertz CT molecular complexity index is 1260. The number of sulfonamides is 1. The SMILES string of the molecule is C=Cc1ccc(NS(=O)(=O)c2ncnc(OCCOC(C)=O)c2Cc2ccccc2OC)cc1. The molecule has 0 unspecified atom stereocenters. The molecule has 0 saturated carbocycles. The molecule has 1 N–H and O–H groups in total. The van der Waals surface area contributed by atoms with Crippen molar-refractivity contribution in [3.8, 4) is 11.6 Å². The monoisotopic (exact) mass is 483 g/mol. The molecule has 0 saturated heterocycles.